The van der Waals surface area contributed by atoms with Crippen LogP contribution in [0.25, 0.3) is 0 Å². The van der Waals surface area contributed by atoms with Crippen LogP contribution in [0.4, 0.5) is 4.79 Å². The summed E-state index contributed by atoms with van der Waals surface area (Å²) in [4.78, 5) is 25.6. The van der Waals surface area contributed by atoms with Crippen LogP contribution < -0.4 is 5.43 Å². The average Bonchev–Trinajstić information content (AvgIpc) is 2.64. The number of Topliss-reactive ketones (excluding diaryl/α,β-unsaturated/α-hetero) is 1. The largest absolute Gasteiger partial charge is 0.444 e. The van der Waals surface area contributed by atoms with E-state index >= 15 is 0 Å². The molecule has 1 aliphatic heterocycles. The molecule has 0 atom stereocenters. The zero-order valence-corrected chi connectivity index (χ0v) is 14.7. The second-order valence-corrected chi connectivity index (χ2v) is 6.94. The van der Waals surface area contributed by atoms with Crippen LogP contribution in [0, 0.1) is 5.92 Å². The Kier molecular flexibility index (Phi) is 6.42. The second-order valence-electron chi connectivity index (χ2n) is 6.94. The lowest BCUT2D eigenvalue weighted by Crippen LogP contribution is -2.54. The van der Waals surface area contributed by atoms with Crippen LogP contribution in [-0.2, 0) is 16.1 Å². The molecule has 1 aliphatic carbocycles. The fourth-order valence-corrected chi connectivity index (χ4v) is 3.47. The fourth-order valence-electron chi connectivity index (χ4n) is 3.47. The lowest BCUT2D eigenvalue weighted by atomic mass is 9.88. The van der Waals surface area contributed by atoms with Gasteiger partial charge in [-0.3, -0.25) is 10.2 Å². The maximum atomic E-state index is 11.9. The van der Waals surface area contributed by atoms with Crippen molar-refractivity contribution < 1.29 is 14.3 Å². The quantitative estimate of drug-likeness (QED) is 0.886. The predicted molar refractivity (Wildman–Crippen MR) is 94.7 cm³/mol. The minimum atomic E-state index is -0.400. The van der Waals surface area contributed by atoms with Crippen LogP contribution in [0.15, 0.2) is 30.3 Å². The van der Waals surface area contributed by atoms with Crippen LogP contribution in [0.1, 0.15) is 31.2 Å². The second kappa shape index (κ2) is 8.97. The normalized spacial score (nSPS) is 20.4. The molecule has 1 aromatic rings. The first-order chi connectivity index (χ1) is 12.2. The Balaban J connectivity index is 1.32. The Hall–Kier alpha value is -1.92. The number of rotatable bonds is 5. The molecule has 0 radical (unpaired) electrons. The number of ketones is 1. The van der Waals surface area contributed by atoms with Crippen molar-refractivity contribution in [3.8, 4) is 0 Å². The number of hydrogen-bond acceptors (Lipinski definition) is 5. The molecular weight excluding hydrogens is 318 g/mol. The first kappa shape index (κ1) is 17.9. The first-order valence-corrected chi connectivity index (χ1v) is 9.15. The monoisotopic (exact) mass is 345 g/mol. The third-order valence-electron chi connectivity index (χ3n) is 5.01. The Morgan fingerprint density at radius 1 is 1.08 bits per heavy atom. The summed E-state index contributed by atoms with van der Waals surface area (Å²) in [7, 11) is 0. The third kappa shape index (κ3) is 5.83. The summed E-state index contributed by atoms with van der Waals surface area (Å²) in [6, 6.07) is 9.67. The summed E-state index contributed by atoms with van der Waals surface area (Å²) in [5.74, 6) is 1.06. The number of amides is 1. The number of piperazine rings is 1. The topological polar surface area (TPSA) is 61.9 Å². The van der Waals surface area contributed by atoms with E-state index < -0.39 is 6.09 Å². The van der Waals surface area contributed by atoms with E-state index in [1.165, 1.54) is 0 Å². The standard InChI is InChI=1S/C19H27N3O3/c23-18-8-6-16(7-9-18)14-21-10-12-22(13-11-21)20-19(24)25-15-17-4-2-1-3-5-17/h1-5,16H,6-15H2,(H,20,24). The molecule has 1 saturated heterocycles. The maximum absolute atomic E-state index is 11.9. The highest BCUT2D eigenvalue weighted by Crippen LogP contribution is 2.22. The summed E-state index contributed by atoms with van der Waals surface area (Å²) in [5, 5.41) is 1.92. The molecule has 0 bridgehead atoms. The van der Waals surface area contributed by atoms with E-state index in [2.05, 4.69) is 10.3 Å². The molecule has 25 heavy (non-hydrogen) atoms. The van der Waals surface area contributed by atoms with Crippen molar-refractivity contribution in [3.05, 3.63) is 35.9 Å². The van der Waals surface area contributed by atoms with Crippen LogP contribution >= 0.6 is 0 Å². The molecule has 0 aromatic heterocycles. The number of carbonyl (C=O) groups is 2. The Labute approximate surface area is 149 Å². The highest BCUT2D eigenvalue weighted by Gasteiger charge is 2.24. The van der Waals surface area contributed by atoms with Gasteiger partial charge in [0.1, 0.15) is 12.4 Å². The van der Waals surface area contributed by atoms with Gasteiger partial charge in [-0.05, 0) is 24.3 Å². The minimum Gasteiger partial charge on any atom is -0.444 e. The number of hydrogen-bond donors (Lipinski definition) is 1. The lowest BCUT2D eigenvalue weighted by Gasteiger charge is -2.36. The van der Waals surface area contributed by atoms with Gasteiger partial charge in [0.2, 0.25) is 0 Å². The Morgan fingerprint density at radius 3 is 2.44 bits per heavy atom. The van der Waals surface area contributed by atoms with E-state index in [0.717, 1.165) is 64.0 Å². The van der Waals surface area contributed by atoms with E-state index in [0.29, 0.717) is 11.7 Å². The van der Waals surface area contributed by atoms with Gasteiger partial charge in [-0.2, -0.15) is 0 Å². The number of benzene rings is 1. The molecular formula is C19H27N3O3. The van der Waals surface area contributed by atoms with Crippen molar-refractivity contribution >= 4 is 11.9 Å². The number of nitrogens with one attached hydrogen (secondary N) is 1. The summed E-state index contributed by atoms with van der Waals surface area (Å²) in [6.45, 7) is 4.82. The van der Waals surface area contributed by atoms with Gasteiger partial charge in [0.25, 0.3) is 0 Å². The number of hydrazine groups is 1. The summed E-state index contributed by atoms with van der Waals surface area (Å²) >= 11 is 0. The molecule has 0 spiro atoms. The van der Waals surface area contributed by atoms with Crippen LogP contribution in [-0.4, -0.2) is 54.5 Å². The van der Waals surface area contributed by atoms with E-state index in [1.807, 2.05) is 35.3 Å². The van der Waals surface area contributed by atoms with Gasteiger partial charge in [-0.1, -0.05) is 30.3 Å². The molecule has 2 fully saturated rings. The van der Waals surface area contributed by atoms with Gasteiger partial charge in [0.05, 0.1) is 0 Å². The summed E-state index contributed by atoms with van der Waals surface area (Å²) in [5.41, 5.74) is 3.80. The number of nitrogens with zero attached hydrogens (tertiary/aromatic N) is 2. The molecule has 1 heterocycles. The first-order valence-electron chi connectivity index (χ1n) is 9.15. The van der Waals surface area contributed by atoms with Gasteiger partial charge < -0.3 is 9.64 Å². The van der Waals surface area contributed by atoms with E-state index in [-0.39, 0.29) is 6.61 Å². The van der Waals surface area contributed by atoms with Crippen LogP contribution in [0.2, 0.25) is 0 Å². The Bertz CT molecular complexity index is 561. The van der Waals surface area contributed by atoms with Crippen molar-refractivity contribution in [3.63, 3.8) is 0 Å². The molecule has 136 valence electrons. The fraction of sp³-hybridized carbons (Fsp3) is 0.579. The molecule has 3 rings (SSSR count). The van der Waals surface area contributed by atoms with Gasteiger partial charge in [-0.25, -0.2) is 9.80 Å². The molecule has 1 aromatic carbocycles. The molecule has 6 nitrogen and oxygen atoms in total. The maximum Gasteiger partial charge on any atom is 0.422 e. The van der Waals surface area contributed by atoms with Crippen LogP contribution in [0.5, 0.6) is 0 Å². The van der Waals surface area contributed by atoms with E-state index in [1.54, 1.807) is 0 Å². The molecule has 1 amide bonds. The molecule has 1 N–H and O–H groups in total. The van der Waals surface area contributed by atoms with Gasteiger partial charge >= 0.3 is 6.09 Å². The van der Waals surface area contributed by atoms with Crippen molar-refractivity contribution in [2.45, 2.75) is 32.3 Å². The van der Waals surface area contributed by atoms with Crippen LogP contribution in [0.3, 0.4) is 0 Å². The predicted octanol–water partition coefficient (Wildman–Crippen LogP) is 2.20. The van der Waals surface area contributed by atoms with E-state index in [4.69, 9.17) is 4.74 Å². The SMILES string of the molecule is O=C1CCC(CN2CCN(NC(=O)OCc3ccccc3)CC2)CC1. The molecule has 0 unspecified atom stereocenters. The zero-order valence-electron chi connectivity index (χ0n) is 14.7. The summed E-state index contributed by atoms with van der Waals surface area (Å²) in [6.07, 6.45) is 3.16. The molecule has 1 saturated carbocycles. The van der Waals surface area contributed by atoms with Crippen molar-refractivity contribution in [2.24, 2.45) is 5.92 Å². The Morgan fingerprint density at radius 2 is 1.76 bits per heavy atom. The van der Waals surface area contributed by atoms with Gasteiger partial charge in [0.15, 0.2) is 0 Å². The smallest absolute Gasteiger partial charge is 0.422 e. The number of carbonyl (C=O) groups excluding carboxylic acids is 2. The van der Waals surface area contributed by atoms with Crippen molar-refractivity contribution in [2.75, 3.05) is 32.7 Å². The molecule has 2 aliphatic rings. The highest BCUT2D eigenvalue weighted by molar-refractivity contribution is 5.79. The highest BCUT2D eigenvalue weighted by atomic mass is 16.6. The molecule has 6 heteroatoms. The third-order valence-corrected chi connectivity index (χ3v) is 5.01. The number of ether oxygens (including phenoxy) is 1. The minimum absolute atomic E-state index is 0.285. The van der Waals surface area contributed by atoms with E-state index in [9.17, 15) is 9.59 Å². The summed E-state index contributed by atoms with van der Waals surface area (Å²) < 4.78 is 5.25. The van der Waals surface area contributed by atoms with Crippen molar-refractivity contribution in [1.29, 1.82) is 0 Å². The zero-order chi connectivity index (χ0) is 17.5. The average molecular weight is 345 g/mol. The van der Waals surface area contributed by atoms with Gasteiger partial charge in [0, 0.05) is 45.6 Å². The van der Waals surface area contributed by atoms with Gasteiger partial charge in [-0.15, -0.1) is 0 Å². The lowest BCUT2D eigenvalue weighted by molar-refractivity contribution is -0.121. The van der Waals surface area contributed by atoms with Crippen molar-refractivity contribution in [1.82, 2.24) is 15.3 Å².